The van der Waals surface area contributed by atoms with Crippen molar-refractivity contribution >= 4 is 33.3 Å². The van der Waals surface area contributed by atoms with E-state index in [0.717, 1.165) is 27.5 Å². The molecule has 0 aliphatic carbocycles. The first kappa shape index (κ1) is 12.4. The fourth-order valence-electron chi connectivity index (χ4n) is 2.47. The quantitative estimate of drug-likeness (QED) is 0.588. The number of H-pyrrole nitrogens is 1. The average Bonchev–Trinajstić information content (AvgIpc) is 2.97. The number of anilines is 2. The van der Waals surface area contributed by atoms with Crippen LogP contribution in [0.25, 0.3) is 21.8 Å². The minimum absolute atomic E-state index is 0.650. The first-order valence-electron chi connectivity index (χ1n) is 6.83. The molecule has 0 atom stereocenters. The third-order valence-corrected chi connectivity index (χ3v) is 3.55. The van der Waals surface area contributed by atoms with Gasteiger partial charge in [-0.25, -0.2) is 0 Å². The van der Waals surface area contributed by atoms with Crippen LogP contribution in [0.5, 0.6) is 0 Å². The maximum atomic E-state index is 9.00. The van der Waals surface area contributed by atoms with Crippen LogP contribution in [-0.2, 0) is 0 Å². The summed E-state index contributed by atoms with van der Waals surface area (Å²) in [5.74, 6) is 0.686. The van der Waals surface area contributed by atoms with Gasteiger partial charge in [0.05, 0.1) is 17.1 Å². The fourth-order valence-corrected chi connectivity index (χ4v) is 2.47. The number of aromatic nitrogens is 3. The van der Waals surface area contributed by atoms with E-state index in [-0.39, 0.29) is 0 Å². The van der Waals surface area contributed by atoms with Gasteiger partial charge in [0.15, 0.2) is 5.82 Å². The molecule has 0 amide bonds. The van der Waals surface area contributed by atoms with Gasteiger partial charge in [0.1, 0.15) is 5.52 Å². The lowest BCUT2D eigenvalue weighted by molar-refractivity contribution is 1.12. The Hall–Kier alpha value is -3.39. The van der Waals surface area contributed by atoms with Gasteiger partial charge < -0.3 is 5.32 Å². The molecule has 0 radical (unpaired) electrons. The van der Waals surface area contributed by atoms with E-state index in [9.17, 15) is 0 Å². The van der Waals surface area contributed by atoms with E-state index in [1.54, 1.807) is 6.20 Å². The lowest BCUT2D eigenvalue weighted by atomic mass is 10.1. The molecule has 0 saturated carbocycles. The van der Waals surface area contributed by atoms with Gasteiger partial charge in [-0.3, -0.25) is 10.1 Å². The summed E-state index contributed by atoms with van der Waals surface area (Å²) in [6.45, 7) is 0. The molecule has 2 aromatic heterocycles. The summed E-state index contributed by atoms with van der Waals surface area (Å²) >= 11 is 0. The van der Waals surface area contributed by atoms with Crippen molar-refractivity contribution in [3.8, 4) is 6.07 Å². The zero-order valence-electron chi connectivity index (χ0n) is 11.5. The summed E-state index contributed by atoms with van der Waals surface area (Å²) < 4.78 is 0. The Morgan fingerprint density at radius 2 is 1.95 bits per heavy atom. The highest BCUT2D eigenvalue weighted by Gasteiger charge is 2.07. The molecule has 22 heavy (non-hydrogen) atoms. The number of rotatable bonds is 2. The molecule has 5 heteroatoms. The van der Waals surface area contributed by atoms with Crippen molar-refractivity contribution in [2.75, 3.05) is 5.32 Å². The lowest BCUT2D eigenvalue weighted by Crippen LogP contribution is -1.92. The lowest BCUT2D eigenvalue weighted by Gasteiger charge is -2.05. The van der Waals surface area contributed by atoms with Crippen LogP contribution in [0.4, 0.5) is 11.5 Å². The van der Waals surface area contributed by atoms with Crippen LogP contribution in [0, 0.1) is 11.3 Å². The molecular weight excluding hydrogens is 274 g/mol. The van der Waals surface area contributed by atoms with E-state index in [2.05, 4.69) is 26.6 Å². The molecule has 2 N–H and O–H groups in total. The minimum atomic E-state index is 0.650. The summed E-state index contributed by atoms with van der Waals surface area (Å²) in [7, 11) is 0. The van der Waals surface area contributed by atoms with Gasteiger partial charge in [0.25, 0.3) is 0 Å². The van der Waals surface area contributed by atoms with Crippen LogP contribution in [0.1, 0.15) is 5.56 Å². The topological polar surface area (TPSA) is 77.4 Å². The Morgan fingerprint density at radius 1 is 1.05 bits per heavy atom. The molecule has 0 aliphatic rings. The van der Waals surface area contributed by atoms with Crippen molar-refractivity contribution in [1.82, 2.24) is 15.2 Å². The van der Waals surface area contributed by atoms with E-state index in [4.69, 9.17) is 5.26 Å². The molecule has 0 aliphatic heterocycles. The fraction of sp³-hybridized carbons (Fsp3) is 0. The van der Waals surface area contributed by atoms with Crippen LogP contribution in [0.3, 0.4) is 0 Å². The van der Waals surface area contributed by atoms with Gasteiger partial charge in [-0.2, -0.15) is 10.4 Å². The Bertz CT molecular complexity index is 1030. The highest BCUT2D eigenvalue weighted by molar-refractivity contribution is 5.91. The van der Waals surface area contributed by atoms with E-state index in [1.165, 1.54) is 0 Å². The van der Waals surface area contributed by atoms with Crippen LogP contribution in [-0.4, -0.2) is 15.2 Å². The van der Waals surface area contributed by atoms with Gasteiger partial charge in [0, 0.05) is 11.9 Å². The third kappa shape index (κ3) is 2.03. The molecule has 104 valence electrons. The van der Waals surface area contributed by atoms with Crippen molar-refractivity contribution in [2.45, 2.75) is 0 Å². The second kappa shape index (κ2) is 4.86. The molecule has 0 unspecified atom stereocenters. The summed E-state index contributed by atoms with van der Waals surface area (Å²) in [5.41, 5.74) is 3.24. The van der Waals surface area contributed by atoms with Gasteiger partial charge in [-0.05, 0) is 47.2 Å². The number of hydrogen-bond acceptors (Lipinski definition) is 4. The number of aromatic amines is 1. The van der Waals surface area contributed by atoms with Crippen molar-refractivity contribution in [2.24, 2.45) is 0 Å². The number of fused-ring (bicyclic) bond motifs is 2. The predicted molar refractivity (Wildman–Crippen MR) is 85.8 cm³/mol. The number of nitrogens with one attached hydrogen (secondary N) is 2. The first-order chi connectivity index (χ1) is 10.8. The molecular formula is C17H11N5. The second-order valence-electron chi connectivity index (χ2n) is 4.99. The maximum absolute atomic E-state index is 9.00. The van der Waals surface area contributed by atoms with Crippen molar-refractivity contribution < 1.29 is 0 Å². The smallest absolute Gasteiger partial charge is 0.178 e. The monoisotopic (exact) mass is 285 g/mol. The highest BCUT2D eigenvalue weighted by atomic mass is 15.2. The van der Waals surface area contributed by atoms with Crippen LogP contribution < -0.4 is 5.32 Å². The summed E-state index contributed by atoms with van der Waals surface area (Å²) in [4.78, 5) is 4.33. The van der Waals surface area contributed by atoms with E-state index in [0.29, 0.717) is 11.4 Å². The van der Waals surface area contributed by atoms with Crippen molar-refractivity contribution in [3.63, 3.8) is 0 Å². The molecule has 4 aromatic rings. The van der Waals surface area contributed by atoms with Crippen molar-refractivity contribution in [1.29, 1.82) is 5.26 Å². The first-order valence-corrected chi connectivity index (χ1v) is 6.83. The normalized spacial score (nSPS) is 10.7. The standard InChI is InChI=1S/C17H11N5/c18-10-11-3-4-12-5-6-14(9-13(12)8-11)20-17-16-15(21-22-17)2-1-7-19-16/h1-9H,(H2,20,21,22). The number of hydrogen-bond donors (Lipinski definition) is 2. The molecule has 2 aromatic carbocycles. The zero-order chi connectivity index (χ0) is 14.9. The third-order valence-electron chi connectivity index (χ3n) is 3.55. The molecule has 0 spiro atoms. The average molecular weight is 285 g/mol. The van der Waals surface area contributed by atoms with Gasteiger partial charge in [0.2, 0.25) is 0 Å². The highest BCUT2D eigenvalue weighted by Crippen LogP contribution is 2.25. The predicted octanol–water partition coefficient (Wildman–Crippen LogP) is 3.73. The van der Waals surface area contributed by atoms with Gasteiger partial charge in [-0.15, -0.1) is 0 Å². The van der Waals surface area contributed by atoms with Crippen LogP contribution >= 0.6 is 0 Å². The Morgan fingerprint density at radius 3 is 2.86 bits per heavy atom. The Balaban J connectivity index is 1.76. The summed E-state index contributed by atoms with van der Waals surface area (Å²) in [6, 6.07) is 17.6. The van der Waals surface area contributed by atoms with E-state index in [1.807, 2.05) is 48.5 Å². The molecule has 0 saturated heterocycles. The van der Waals surface area contributed by atoms with Crippen LogP contribution in [0.15, 0.2) is 54.7 Å². The van der Waals surface area contributed by atoms with Crippen LogP contribution in [0.2, 0.25) is 0 Å². The van der Waals surface area contributed by atoms with Gasteiger partial charge >= 0.3 is 0 Å². The number of nitriles is 1. The van der Waals surface area contributed by atoms with Crippen molar-refractivity contribution in [3.05, 3.63) is 60.3 Å². The number of pyridine rings is 1. The molecule has 2 heterocycles. The molecule has 0 fully saturated rings. The zero-order valence-corrected chi connectivity index (χ0v) is 11.5. The second-order valence-corrected chi connectivity index (χ2v) is 4.99. The minimum Gasteiger partial charge on any atom is -0.337 e. The number of nitrogens with zero attached hydrogens (tertiary/aromatic N) is 3. The molecule has 0 bridgehead atoms. The Labute approximate surface area is 126 Å². The van der Waals surface area contributed by atoms with Gasteiger partial charge in [-0.1, -0.05) is 12.1 Å². The number of benzene rings is 2. The largest absolute Gasteiger partial charge is 0.337 e. The summed E-state index contributed by atoms with van der Waals surface area (Å²) in [5, 5.41) is 21.6. The molecule has 4 rings (SSSR count). The van der Waals surface area contributed by atoms with E-state index < -0.39 is 0 Å². The van der Waals surface area contributed by atoms with E-state index >= 15 is 0 Å². The summed E-state index contributed by atoms with van der Waals surface area (Å²) in [6.07, 6.45) is 1.74. The SMILES string of the molecule is N#Cc1ccc2ccc(Nc3n[nH]c4cccnc34)cc2c1. The Kier molecular flexibility index (Phi) is 2.73. The molecule has 5 nitrogen and oxygen atoms in total. The maximum Gasteiger partial charge on any atom is 0.178 e.